The molecule has 0 aliphatic carbocycles. The van der Waals surface area contributed by atoms with E-state index >= 15 is 0 Å². The smallest absolute Gasteiger partial charge is 0.120 e. The van der Waals surface area contributed by atoms with Crippen molar-refractivity contribution in [2.24, 2.45) is 5.84 Å². The molecule has 1 fully saturated rings. The molecule has 1 heterocycles. The minimum Gasteiger partial charge on any atom is -0.491 e. The lowest BCUT2D eigenvalue weighted by molar-refractivity contribution is 0.242. The fourth-order valence-electron chi connectivity index (χ4n) is 2.69. The maximum atomic E-state index is 5.82. The van der Waals surface area contributed by atoms with Crippen LogP contribution < -0.4 is 16.0 Å². The molecule has 0 aromatic heterocycles. The van der Waals surface area contributed by atoms with Gasteiger partial charge in [0.15, 0.2) is 0 Å². The van der Waals surface area contributed by atoms with Gasteiger partial charge in [0.05, 0.1) is 12.1 Å². The highest BCUT2D eigenvalue weighted by atomic mass is 32.2. The summed E-state index contributed by atoms with van der Waals surface area (Å²) in [4.78, 5) is 0. The molecule has 0 saturated carbocycles. The molecular weight excluding hydrogens is 256 g/mol. The molecule has 1 saturated heterocycles. The lowest BCUT2D eigenvalue weighted by Crippen LogP contribution is -2.41. The number of ether oxygens (including phenoxy) is 1. The summed E-state index contributed by atoms with van der Waals surface area (Å²) < 4.78 is 5.94. The van der Waals surface area contributed by atoms with E-state index in [1.54, 1.807) is 0 Å². The van der Waals surface area contributed by atoms with Gasteiger partial charge in [0.2, 0.25) is 0 Å². The molecule has 0 radical (unpaired) electrons. The Morgan fingerprint density at radius 3 is 2.79 bits per heavy atom. The van der Waals surface area contributed by atoms with Crippen molar-refractivity contribution >= 4 is 11.8 Å². The van der Waals surface area contributed by atoms with Crippen LogP contribution in [0.25, 0.3) is 0 Å². The zero-order valence-corrected chi connectivity index (χ0v) is 12.8. The van der Waals surface area contributed by atoms with E-state index in [0.29, 0.717) is 0 Å². The van der Waals surface area contributed by atoms with Gasteiger partial charge in [-0.3, -0.25) is 11.3 Å². The van der Waals surface area contributed by atoms with Crippen LogP contribution in [0.15, 0.2) is 24.3 Å². The Morgan fingerprint density at radius 2 is 2.21 bits per heavy atom. The maximum Gasteiger partial charge on any atom is 0.120 e. The molecule has 4 heteroatoms. The van der Waals surface area contributed by atoms with Crippen molar-refractivity contribution in [1.82, 2.24) is 5.43 Å². The van der Waals surface area contributed by atoms with Gasteiger partial charge in [0, 0.05) is 4.75 Å². The lowest BCUT2D eigenvalue weighted by Gasteiger charge is -2.33. The van der Waals surface area contributed by atoms with Crippen molar-refractivity contribution in [3.63, 3.8) is 0 Å². The van der Waals surface area contributed by atoms with Gasteiger partial charge >= 0.3 is 0 Å². The van der Waals surface area contributed by atoms with Crippen LogP contribution >= 0.6 is 11.8 Å². The van der Waals surface area contributed by atoms with Crippen LogP contribution in [0.1, 0.15) is 45.2 Å². The highest BCUT2D eigenvalue weighted by Gasteiger charge is 2.38. The third-order valence-corrected chi connectivity index (χ3v) is 5.18. The Kier molecular flexibility index (Phi) is 4.76. The second-order valence-electron chi connectivity index (χ2n) is 5.60. The van der Waals surface area contributed by atoms with Crippen LogP contribution in [0.5, 0.6) is 5.75 Å². The summed E-state index contributed by atoms with van der Waals surface area (Å²) in [6.07, 6.45) is 2.65. The molecule has 2 unspecified atom stereocenters. The number of nitrogens with one attached hydrogen (secondary N) is 1. The number of hydrogen-bond donors (Lipinski definition) is 2. The summed E-state index contributed by atoms with van der Waals surface area (Å²) in [5.41, 5.74) is 4.21. The summed E-state index contributed by atoms with van der Waals surface area (Å²) in [6.45, 7) is 6.38. The van der Waals surface area contributed by atoms with Gasteiger partial charge in [-0.25, -0.2) is 0 Å². The molecule has 2 rings (SSSR count). The van der Waals surface area contributed by atoms with Gasteiger partial charge in [-0.05, 0) is 57.1 Å². The highest BCUT2D eigenvalue weighted by molar-refractivity contribution is 8.00. The number of hydrogen-bond acceptors (Lipinski definition) is 4. The zero-order chi connectivity index (χ0) is 13.9. The monoisotopic (exact) mass is 280 g/mol. The van der Waals surface area contributed by atoms with E-state index in [-0.39, 0.29) is 16.9 Å². The predicted octanol–water partition coefficient (Wildman–Crippen LogP) is 3.26. The van der Waals surface area contributed by atoms with E-state index in [4.69, 9.17) is 10.6 Å². The average molecular weight is 280 g/mol. The zero-order valence-electron chi connectivity index (χ0n) is 12.0. The number of hydrazine groups is 1. The standard InChI is InChI=1S/C15H24N2OS/c1-11(2)18-13-7-4-6-12(10-13)14(17-16)15(3)8-5-9-19-15/h4,6-7,10-11,14,17H,5,8-9,16H2,1-3H3. The third kappa shape index (κ3) is 3.44. The Morgan fingerprint density at radius 1 is 1.42 bits per heavy atom. The van der Waals surface area contributed by atoms with Crippen molar-refractivity contribution in [2.45, 2.75) is 50.5 Å². The lowest BCUT2D eigenvalue weighted by atomic mass is 9.90. The molecule has 106 valence electrons. The average Bonchev–Trinajstić information content (AvgIpc) is 2.77. The predicted molar refractivity (Wildman–Crippen MR) is 82.4 cm³/mol. The van der Waals surface area contributed by atoms with Crippen LogP contribution in [-0.4, -0.2) is 16.6 Å². The minimum absolute atomic E-state index is 0.163. The Labute approximate surface area is 120 Å². The number of thioether (sulfide) groups is 1. The molecule has 0 bridgehead atoms. The number of nitrogens with two attached hydrogens (primary N) is 1. The van der Waals surface area contributed by atoms with Crippen molar-refractivity contribution in [3.05, 3.63) is 29.8 Å². The van der Waals surface area contributed by atoms with Crippen LogP contribution in [-0.2, 0) is 0 Å². The third-order valence-electron chi connectivity index (χ3n) is 3.59. The second kappa shape index (κ2) is 6.16. The summed E-state index contributed by atoms with van der Waals surface area (Å²) in [7, 11) is 0. The molecule has 2 atom stereocenters. The summed E-state index contributed by atoms with van der Waals surface area (Å²) in [5, 5.41) is 0. The number of rotatable bonds is 5. The Bertz CT molecular complexity index is 416. The van der Waals surface area contributed by atoms with Crippen LogP contribution in [0.2, 0.25) is 0 Å². The van der Waals surface area contributed by atoms with Gasteiger partial charge in [0.25, 0.3) is 0 Å². The first-order valence-corrected chi connectivity index (χ1v) is 7.90. The van der Waals surface area contributed by atoms with Gasteiger partial charge < -0.3 is 4.74 Å². The summed E-state index contributed by atoms with van der Waals surface area (Å²) in [5.74, 6) is 7.95. The van der Waals surface area contributed by atoms with Gasteiger partial charge in [-0.1, -0.05) is 12.1 Å². The molecule has 3 N–H and O–H groups in total. The van der Waals surface area contributed by atoms with Crippen LogP contribution in [0.4, 0.5) is 0 Å². The van der Waals surface area contributed by atoms with Crippen LogP contribution in [0, 0.1) is 0 Å². The summed E-state index contributed by atoms with van der Waals surface area (Å²) in [6, 6.07) is 8.44. The normalized spacial score (nSPS) is 24.7. The molecule has 1 aromatic carbocycles. The van der Waals surface area contributed by atoms with Crippen molar-refractivity contribution < 1.29 is 4.74 Å². The SMILES string of the molecule is CC(C)Oc1cccc(C(NN)C2(C)CCCS2)c1. The molecule has 0 spiro atoms. The number of benzene rings is 1. The van der Waals surface area contributed by atoms with E-state index in [2.05, 4.69) is 24.5 Å². The molecule has 1 aromatic rings. The summed E-state index contributed by atoms with van der Waals surface area (Å²) >= 11 is 2.01. The second-order valence-corrected chi connectivity index (χ2v) is 7.23. The van der Waals surface area contributed by atoms with E-state index in [1.165, 1.54) is 24.2 Å². The van der Waals surface area contributed by atoms with Crippen molar-refractivity contribution in [2.75, 3.05) is 5.75 Å². The van der Waals surface area contributed by atoms with E-state index in [0.717, 1.165) is 5.75 Å². The largest absolute Gasteiger partial charge is 0.491 e. The Balaban J connectivity index is 2.23. The first kappa shape index (κ1) is 14.7. The van der Waals surface area contributed by atoms with Gasteiger partial charge in [-0.15, -0.1) is 0 Å². The van der Waals surface area contributed by atoms with Crippen molar-refractivity contribution in [1.29, 1.82) is 0 Å². The maximum absolute atomic E-state index is 5.82. The molecule has 3 nitrogen and oxygen atoms in total. The minimum atomic E-state index is 0.163. The molecule has 1 aliphatic heterocycles. The first-order chi connectivity index (χ1) is 9.05. The van der Waals surface area contributed by atoms with Gasteiger partial charge in [-0.2, -0.15) is 11.8 Å². The van der Waals surface area contributed by atoms with Gasteiger partial charge in [0.1, 0.15) is 5.75 Å². The van der Waals surface area contributed by atoms with Crippen LogP contribution in [0.3, 0.4) is 0 Å². The fourth-order valence-corrected chi connectivity index (χ4v) is 4.11. The molecule has 1 aliphatic rings. The molecular formula is C15H24N2OS. The quantitative estimate of drug-likeness (QED) is 0.642. The first-order valence-electron chi connectivity index (χ1n) is 6.92. The fraction of sp³-hybridized carbons (Fsp3) is 0.600. The highest BCUT2D eigenvalue weighted by Crippen LogP contribution is 2.46. The molecule has 19 heavy (non-hydrogen) atoms. The van der Waals surface area contributed by atoms with E-state index < -0.39 is 0 Å². The van der Waals surface area contributed by atoms with E-state index in [9.17, 15) is 0 Å². The van der Waals surface area contributed by atoms with E-state index in [1.807, 2.05) is 37.7 Å². The van der Waals surface area contributed by atoms with Crippen molar-refractivity contribution in [3.8, 4) is 5.75 Å². The molecule has 0 amide bonds. The topological polar surface area (TPSA) is 47.3 Å². The Hall–Kier alpha value is -0.710.